The second-order valence-corrected chi connectivity index (χ2v) is 6.93. The van der Waals surface area contributed by atoms with Crippen molar-refractivity contribution < 1.29 is 4.79 Å². The number of anilines is 3. The first kappa shape index (κ1) is 19.1. The molecule has 7 heteroatoms. The molecule has 1 aromatic heterocycles. The summed E-state index contributed by atoms with van der Waals surface area (Å²) in [5.41, 5.74) is 9.10. The number of urea groups is 1. The van der Waals surface area contributed by atoms with E-state index in [1.165, 1.54) is 0 Å². The van der Waals surface area contributed by atoms with Crippen LogP contribution in [-0.4, -0.2) is 37.3 Å². The second kappa shape index (κ2) is 9.30. The molecule has 0 aliphatic carbocycles. The molecule has 146 valence electrons. The molecule has 5 N–H and O–H groups in total. The molecule has 1 aromatic carbocycles. The van der Waals surface area contributed by atoms with E-state index in [-0.39, 0.29) is 6.03 Å². The lowest BCUT2D eigenvalue weighted by molar-refractivity contribution is 0.240. The Morgan fingerprint density at radius 1 is 1.19 bits per heavy atom. The third kappa shape index (κ3) is 4.72. The van der Waals surface area contributed by atoms with Crippen molar-refractivity contribution in [3.63, 3.8) is 0 Å². The highest BCUT2D eigenvalue weighted by molar-refractivity contribution is 6.03. The van der Waals surface area contributed by atoms with Crippen LogP contribution in [0.4, 0.5) is 22.0 Å². The van der Waals surface area contributed by atoms with Gasteiger partial charge in [-0.15, -0.1) is 0 Å². The molecule has 27 heavy (non-hydrogen) atoms. The van der Waals surface area contributed by atoms with Crippen LogP contribution in [0.1, 0.15) is 39.0 Å². The number of nitrogen functional groups attached to an aromatic ring is 1. The standard InChI is InChI=1S/C20H30N6O/c1-2-3-6-11-22-20(27)23-12-7-8-13-26-14-24-17-18(26)15-9-4-5-10-16(15)25-19(17)21/h4-5,9-10,24H,2-3,6-8,11-14H2,1H3,(H2,21,25)(H2,22,23,27). The number of rotatable bonds is 9. The molecule has 2 heterocycles. The Hall–Kier alpha value is -2.70. The van der Waals surface area contributed by atoms with E-state index in [1.807, 2.05) is 18.2 Å². The summed E-state index contributed by atoms with van der Waals surface area (Å²) in [4.78, 5) is 18.5. The van der Waals surface area contributed by atoms with E-state index in [0.29, 0.717) is 12.4 Å². The number of nitrogens with zero attached hydrogens (tertiary/aromatic N) is 2. The fraction of sp³-hybridized carbons (Fsp3) is 0.500. The van der Waals surface area contributed by atoms with E-state index in [4.69, 9.17) is 5.73 Å². The first-order chi connectivity index (χ1) is 13.2. The van der Waals surface area contributed by atoms with E-state index in [1.54, 1.807) is 0 Å². The maximum Gasteiger partial charge on any atom is 0.314 e. The summed E-state index contributed by atoms with van der Waals surface area (Å²) >= 11 is 0. The highest BCUT2D eigenvalue weighted by Gasteiger charge is 2.24. The second-order valence-electron chi connectivity index (χ2n) is 6.93. The summed E-state index contributed by atoms with van der Waals surface area (Å²) in [6, 6.07) is 8.02. The fourth-order valence-electron chi connectivity index (χ4n) is 3.43. The number of amides is 2. The number of nitrogens with one attached hydrogen (secondary N) is 3. The van der Waals surface area contributed by atoms with Crippen LogP contribution in [0.3, 0.4) is 0 Å². The minimum absolute atomic E-state index is 0.0656. The van der Waals surface area contributed by atoms with Crippen molar-refractivity contribution >= 4 is 34.1 Å². The van der Waals surface area contributed by atoms with Crippen LogP contribution in [0.15, 0.2) is 24.3 Å². The zero-order chi connectivity index (χ0) is 19.1. The zero-order valence-corrected chi connectivity index (χ0v) is 16.1. The number of fused-ring (bicyclic) bond motifs is 3. The summed E-state index contributed by atoms with van der Waals surface area (Å²) in [5, 5.41) is 10.3. The molecular formula is C20H30N6O. The Morgan fingerprint density at radius 2 is 1.93 bits per heavy atom. The molecular weight excluding hydrogens is 340 g/mol. The molecule has 0 saturated heterocycles. The Labute approximate surface area is 160 Å². The molecule has 3 rings (SSSR count). The molecule has 0 spiro atoms. The fourth-order valence-corrected chi connectivity index (χ4v) is 3.43. The van der Waals surface area contributed by atoms with Crippen LogP contribution < -0.4 is 26.6 Å². The van der Waals surface area contributed by atoms with Gasteiger partial charge in [-0.2, -0.15) is 0 Å². The summed E-state index contributed by atoms with van der Waals surface area (Å²) in [5.74, 6) is 0.549. The molecule has 0 unspecified atom stereocenters. The number of carbonyl (C=O) groups is 1. The summed E-state index contributed by atoms with van der Waals surface area (Å²) < 4.78 is 0. The summed E-state index contributed by atoms with van der Waals surface area (Å²) in [6.07, 6.45) is 5.28. The Bertz CT molecular complexity index is 778. The molecule has 0 saturated carbocycles. The SMILES string of the molecule is CCCCCNC(=O)NCCCCN1CNc2c(N)nc3ccccc3c21. The van der Waals surface area contributed by atoms with E-state index < -0.39 is 0 Å². The van der Waals surface area contributed by atoms with Gasteiger partial charge in [-0.25, -0.2) is 9.78 Å². The highest BCUT2D eigenvalue weighted by atomic mass is 16.2. The van der Waals surface area contributed by atoms with E-state index in [2.05, 4.69) is 38.8 Å². The van der Waals surface area contributed by atoms with E-state index >= 15 is 0 Å². The Balaban J connectivity index is 1.46. The summed E-state index contributed by atoms with van der Waals surface area (Å²) in [6.45, 7) is 5.24. The van der Waals surface area contributed by atoms with Crippen molar-refractivity contribution in [3.05, 3.63) is 24.3 Å². The normalized spacial score (nSPS) is 12.7. The van der Waals surface area contributed by atoms with Gasteiger partial charge in [0.25, 0.3) is 0 Å². The number of hydrogen-bond acceptors (Lipinski definition) is 5. The van der Waals surface area contributed by atoms with E-state index in [0.717, 1.165) is 74.1 Å². The van der Waals surface area contributed by atoms with Gasteiger partial charge in [-0.3, -0.25) is 0 Å². The first-order valence-electron chi connectivity index (χ1n) is 9.89. The molecule has 1 aliphatic rings. The van der Waals surface area contributed by atoms with Gasteiger partial charge < -0.3 is 26.6 Å². The van der Waals surface area contributed by atoms with Crippen LogP contribution in [0, 0.1) is 0 Å². The predicted octanol–water partition coefficient (Wildman–Crippen LogP) is 3.28. The highest BCUT2D eigenvalue weighted by Crippen LogP contribution is 2.40. The number of para-hydroxylation sites is 1. The minimum Gasteiger partial charge on any atom is -0.382 e. The molecule has 2 amide bonds. The van der Waals surface area contributed by atoms with Gasteiger partial charge in [-0.1, -0.05) is 38.0 Å². The third-order valence-electron chi connectivity index (χ3n) is 4.86. The lowest BCUT2D eigenvalue weighted by Crippen LogP contribution is -2.36. The van der Waals surface area contributed by atoms with Crippen molar-refractivity contribution in [1.82, 2.24) is 15.6 Å². The van der Waals surface area contributed by atoms with Crippen LogP contribution in [0.5, 0.6) is 0 Å². The minimum atomic E-state index is -0.0656. The largest absolute Gasteiger partial charge is 0.382 e. The lowest BCUT2D eigenvalue weighted by atomic mass is 10.1. The molecule has 0 fully saturated rings. The van der Waals surface area contributed by atoms with Crippen molar-refractivity contribution in [1.29, 1.82) is 0 Å². The number of aromatic nitrogens is 1. The van der Waals surface area contributed by atoms with Crippen molar-refractivity contribution in [2.24, 2.45) is 0 Å². The van der Waals surface area contributed by atoms with Gasteiger partial charge in [0.1, 0.15) is 11.5 Å². The number of pyridine rings is 1. The maximum absolute atomic E-state index is 11.7. The molecule has 1 aliphatic heterocycles. The average molecular weight is 371 g/mol. The topological polar surface area (TPSA) is 95.3 Å². The van der Waals surface area contributed by atoms with Gasteiger partial charge in [0.15, 0.2) is 0 Å². The number of nitrogens with two attached hydrogens (primary N) is 1. The van der Waals surface area contributed by atoms with Crippen molar-refractivity contribution in [3.8, 4) is 0 Å². The van der Waals surface area contributed by atoms with Crippen LogP contribution in [0.2, 0.25) is 0 Å². The summed E-state index contributed by atoms with van der Waals surface area (Å²) in [7, 11) is 0. The number of hydrogen-bond donors (Lipinski definition) is 4. The quantitative estimate of drug-likeness (QED) is 0.508. The molecule has 7 nitrogen and oxygen atoms in total. The zero-order valence-electron chi connectivity index (χ0n) is 16.1. The van der Waals surface area contributed by atoms with Gasteiger partial charge in [-0.05, 0) is 25.3 Å². The molecule has 0 atom stereocenters. The van der Waals surface area contributed by atoms with E-state index in [9.17, 15) is 4.79 Å². The predicted molar refractivity (Wildman–Crippen MR) is 112 cm³/mol. The Morgan fingerprint density at radius 3 is 2.70 bits per heavy atom. The van der Waals surface area contributed by atoms with Gasteiger partial charge >= 0.3 is 6.03 Å². The monoisotopic (exact) mass is 370 g/mol. The average Bonchev–Trinajstić information content (AvgIpc) is 3.10. The van der Waals surface area contributed by atoms with Crippen LogP contribution in [-0.2, 0) is 0 Å². The van der Waals surface area contributed by atoms with Crippen molar-refractivity contribution in [2.75, 3.05) is 42.3 Å². The van der Waals surface area contributed by atoms with Gasteiger partial charge in [0.2, 0.25) is 0 Å². The number of unbranched alkanes of at least 4 members (excludes halogenated alkanes) is 3. The lowest BCUT2D eigenvalue weighted by Gasteiger charge is -2.19. The first-order valence-corrected chi connectivity index (χ1v) is 9.89. The molecule has 0 radical (unpaired) electrons. The van der Waals surface area contributed by atoms with Gasteiger partial charge in [0.05, 0.1) is 17.9 Å². The maximum atomic E-state index is 11.7. The number of carbonyl (C=O) groups excluding carboxylic acids is 1. The molecule has 0 bridgehead atoms. The third-order valence-corrected chi connectivity index (χ3v) is 4.86. The Kier molecular flexibility index (Phi) is 6.57. The van der Waals surface area contributed by atoms with Gasteiger partial charge in [0, 0.05) is 25.0 Å². The smallest absolute Gasteiger partial charge is 0.314 e. The van der Waals surface area contributed by atoms with Crippen LogP contribution in [0.25, 0.3) is 10.9 Å². The van der Waals surface area contributed by atoms with Crippen molar-refractivity contribution in [2.45, 2.75) is 39.0 Å². The van der Waals surface area contributed by atoms with Crippen LogP contribution >= 0.6 is 0 Å². The number of benzene rings is 1. The molecule has 2 aromatic rings.